The predicted molar refractivity (Wildman–Crippen MR) is 104 cm³/mol. The molecule has 0 unspecified atom stereocenters. The van der Waals surface area contributed by atoms with Crippen molar-refractivity contribution in [2.24, 2.45) is 0 Å². The van der Waals surface area contributed by atoms with Gasteiger partial charge in [0.1, 0.15) is 5.54 Å². The third-order valence-corrected chi connectivity index (χ3v) is 7.24. The zero-order valence-corrected chi connectivity index (χ0v) is 18.2. The van der Waals surface area contributed by atoms with E-state index in [1.165, 1.54) is 18.7 Å². The predicted octanol–water partition coefficient (Wildman–Crippen LogP) is 4.39. The number of carbonyl (C=O) groups is 1. The van der Waals surface area contributed by atoms with Crippen molar-refractivity contribution in [3.8, 4) is 0 Å². The van der Waals surface area contributed by atoms with E-state index in [9.17, 15) is 9.00 Å². The number of carbonyl (C=O) groups excluding carboxylic acids is 1. The third kappa shape index (κ3) is 4.00. The molecule has 0 bridgehead atoms. The summed E-state index contributed by atoms with van der Waals surface area (Å²) in [4.78, 5) is 12.8. The van der Waals surface area contributed by atoms with E-state index in [2.05, 4.69) is 25.4 Å². The number of esters is 1. The molecular formula is C17H22BrF2NO3S2. The van der Waals surface area contributed by atoms with E-state index in [1.54, 1.807) is 39.0 Å². The van der Waals surface area contributed by atoms with E-state index in [0.29, 0.717) is 15.1 Å². The van der Waals surface area contributed by atoms with E-state index < -0.39 is 33.2 Å². The van der Waals surface area contributed by atoms with Crippen molar-refractivity contribution in [2.75, 3.05) is 12.4 Å². The molecule has 0 fully saturated rings. The molecule has 26 heavy (non-hydrogen) atoms. The number of ether oxygens (including phenoxy) is 1. The summed E-state index contributed by atoms with van der Waals surface area (Å²) in [6, 6.07) is 5.04. The van der Waals surface area contributed by atoms with Gasteiger partial charge < -0.3 is 4.74 Å². The van der Waals surface area contributed by atoms with Gasteiger partial charge in [0.2, 0.25) is 0 Å². The van der Waals surface area contributed by atoms with E-state index in [-0.39, 0.29) is 18.6 Å². The number of fused-ring (bicyclic) bond motifs is 1. The largest absolute Gasteiger partial charge is 0.461 e. The smallest absolute Gasteiger partial charge is 0.379 e. The molecule has 1 heterocycles. The van der Waals surface area contributed by atoms with Crippen LogP contribution in [-0.4, -0.2) is 33.2 Å². The first-order valence-corrected chi connectivity index (χ1v) is 11.1. The Kier molecular flexibility index (Phi) is 6.58. The Bertz CT molecular complexity index is 724. The van der Waals surface area contributed by atoms with Crippen molar-refractivity contribution in [1.29, 1.82) is 0 Å². The average Bonchev–Trinajstić information content (AvgIpc) is 2.54. The summed E-state index contributed by atoms with van der Waals surface area (Å²) in [6.07, 6.45) is -0.0608. The summed E-state index contributed by atoms with van der Waals surface area (Å²) in [5.74, 6) is -5.14. The van der Waals surface area contributed by atoms with Gasteiger partial charge in [-0.3, -0.25) is 0 Å². The lowest BCUT2D eigenvalue weighted by Gasteiger charge is -2.44. The molecule has 1 aliphatic heterocycles. The lowest BCUT2D eigenvalue weighted by molar-refractivity contribution is -0.185. The molecule has 1 aliphatic rings. The van der Waals surface area contributed by atoms with E-state index in [0.717, 1.165) is 0 Å². The molecule has 9 heteroatoms. The first-order valence-electron chi connectivity index (χ1n) is 8.13. The van der Waals surface area contributed by atoms with Gasteiger partial charge in [-0.2, -0.15) is 8.78 Å². The lowest BCUT2D eigenvalue weighted by Crippen LogP contribution is -2.63. The molecule has 0 radical (unpaired) electrons. The van der Waals surface area contributed by atoms with Gasteiger partial charge in [0.05, 0.1) is 22.3 Å². The Morgan fingerprint density at radius 2 is 2.08 bits per heavy atom. The van der Waals surface area contributed by atoms with Crippen LogP contribution in [0.25, 0.3) is 0 Å². The zero-order valence-electron chi connectivity index (χ0n) is 15.0. The fourth-order valence-corrected chi connectivity index (χ4v) is 5.12. The number of hydrogen-bond acceptors (Lipinski definition) is 4. The molecule has 2 atom stereocenters. The minimum Gasteiger partial charge on any atom is -0.461 e. The number of rotatable bonds is 5. The minimum atomic E-state index is -3.89. The van der Waals surface area contributed by atoms with Crippen molar-refractivity contribution in [1.82, 2.24) is 4.72 Å². The summed E-state index contributed by atoms with van der Waals surface area (Å²) in [7, 11) is -1.82. The topological polar surface area (TPSA) is 55.4 Å². The normalized spacial score (nSPS) is 21.8. The van der Waals surface area contributed by atoms with Crippen LogP contribution >= 0.6 is 27.7 Å². The standard InChI is InChI=1S/C17H22BrF2NO3S2/c1-5-24-14(22)17(19,20)16(21-26(23)15(2,3)4)8-9-25-13-7-6-11(18)10-12(13)16/h6-7,10,21H,5,8-9H2,1-4H3/t16-,26+/m1/s1. The maximum atomic E-state index is 15.4. The SMILES string of the molecule is CCOC(=O)C(F)(F)[C@@]1(N[S@@](=O)C(C)(C)C)CCSc2ccc(Br)cc21. The molecule has 1 N–H and O–H groups in total. The van der Waals surface area contributed by atoms with Crippen LogP contribution in [0.3, 0.4) is 0 Å². The summed E-state index contributed by atoms with van der Waals surface area (Å²) in [6.45, 7) is 6.37. The molecule has 0 saturated heterocycles. The zero-order chi connectivity index (χ0) is 19.8. The first kappa shape index (κ1) is 21.8. The van der Waals surface area contributed by atoms with Crippen LogP contribution in [0.4, 0.5) is 8.78 Å². The second kappa shape index (κ2) is 7.85. The summed E-state index contributed by atoms with van der Waals surface area (Å²) < 4.78 is 50.7. The number of alkyl halides is 2. The van der Waals surface area contributed by atoms with Gasteiger partial charge >= 0.3 is 11.9 Å². The monoisotopic (exact) mass is 469 g/mol. The van der Waals surface area contributed by atoms with Gasteiger partial charge in [-0.05, 0) is 57.9 Å². The quantitative estimate of drug-likeness (QED) is 0.649. The maximum absolute atomic E-state index is 15.4. The van der Waals surface area contributed by atoms with Crippen LogP contribution in [0.2, 0.25) is 0 Å². The average molecular weight is 470 g/mol. The number of benzene rings is 1. The highest BCUT2D eigenvalue weighted by molar-refractivity contribution is 9.10. The molecule has 1 aromatic rings. The molecule has 2 rings (SSSR count). The van der Waals surface area contributed by atoms with Crippen LogP contribution in [0.1, 0.15) is 39.7 Å². The van der Waals surface area contributed by atoms with Gasteiger partial charge in [0.15, 0.2) is 0 Å². The summed E-state index contributed by atoms with van der Waals surface area (Å²) >= 11 is 4.74. The second-order valence-corrected chi connectivity index (χ2v) is 10.9. The highest BCUT2D eigenvalue weighted by Crippen LogP contribution is 2.50. The van der Waals surface area contributed by atoms with E-state index in [4.69, 9.17) is 0 Å². The molecule has 0 aromatic heterocycles. The van der Waals surface area contributed by atoms with Gasteiger partial charge in [-0.25, -0.2) is 13.7 Å². The van der Waals surface area contributed by atoms with Crippen molar-refractivity contribution >= 4 is 44.6 Å². The molecular weight excluding hydrogens is 448 g/mol. The number of hydrogen-bond donors (Lipinski definition) is 1. The molecule has 0 spiro atoms. The third-order valence-electron chi connectivity index (χ3n) is 4.03. The lowest BCUT2D eigenvalue weighted by atomic mass is 9.81. The molecule has 0 saturated carbocycles. The Hall–Kier alpha value is -0.510. The first-order chi connectivity index (χ1) is 12.0. The number of nitrogens with one attached hydrogen (secondary N) is 1. The Labute approximate surface area is 167 Å². The Morgan fingerprint density at radius 3 is 2.65 bits per heavy atom. The van der Waals surface area contributed by atoms with Crippen LogP contribution in [0, 0.1) is 0 Å². The fraction of sp³-hybridized carbons (Fsp3) is 0.588. The molecule has 4 nitrogen and oxygen atoms in total. The van der Waals surface area contributed by atoms with Gasteiger partial charge in [0, 0.05) is 15.1 Å². The van der Waals surface area contributed by atoms with Crippen LogP contribution in [0.15, 0.2) is 27.6 Å². The summed E-state index contributed by atoms with van der Waals surface area (Å²) in [5.41, 5.74) is -1.86. The van der Waals surface area contributed by atoms with Crippen LogP contribution in [-0.2, 0) is 26.1 Å². The van der Waals surface area contributed by atoms with Crippen LogP contribution < -0.4 is 4.72 Å². The number of thioether (sulfide) groups is 1. The maximum Gasteiger partial charge on any atom is 0.379 e. The van der Waals surface area contributed by atoms with Gasteiger partial charge in [-0.1, -0.05) is 15.9 Å². The van der Waals surface area contributed by atoms with Crippen molar-refractivity contribution in [3.63, 3.8) is 0 Å². The van der Waals surface area contributed by atoms with Crippen molar-refractivity contribution < 1.29 is 22.5 Å². The fourth-order valence-electron chi connectivity index (χ4n) is 2.61. The Morgan fingerprint density at radius 1 is 1.42 bits per heavy atom. The highest BCUT2D eigenvalue weighted by Gasteiger charge is 2.63. The van der Waals surface area contributed by atoms with E-state index in [1.807, 2.05) is 0 Å². The Balaban J connectivity index is 2.67. The second-order valence-electron chi connectivity index (χ2n) is 6.92. The molecule has 1 aromatic carbocycles. The van der Waals surface area contributed by atoms with Gasteiger partial charge in [0.25, 0.3) is 0 Å². The minimum absolute atomic E-state index is 0.0608. The highest BCUT2D eigenvalue weighted by atomic mass is 79.9. The van der Waals surface area contributed by atoms with Crippen molar-refractivity contribution in [2.45, 2.75) is 55.2 Å². The summed E-state index contributed by atoms with van der Waals surface area (Å²) in [5, 5.41) is 0. The molecule has 0 amide bonds. The van der Waals surface area contributed by atoms with Gasteiger partial charge in [-0.15, -0.1) is 11.8 Å². The molecule has 0 aliphatic carbocycles. The van der Waals surface area contributed by atoms with E-state index >= 15 is 8.78 Å². The number of halogens is 3. The molecule has 146 valence electrons. The van der Waals surface area contributed by atoms with Crippen LogP contribution in [0.5, 0.6) is 0 Å². The van der Waals surface area contributed by atoms with Crippen molar-refractivity contribution in [3.05, 3.63) is 28.2 Å².